The van der Waals surface area contributed by atoms with Crippen LogP contribution in [0.5, 0.6) is 0 Å². The minimum Gasteiger partial charge on any atom is -0.260 e. The summed E-state index contributed by atoms with van der Waals surface area (Å²) < 4.78 is 24.6. The molecule has 0 aliphatic carbocycles. The third kappa shape index (κ3) is 4.40. The van der Waals surface area contributed by atoms with Crippen molar-refractivity contribution in [2.24, 2.45) is 5.92 Å². The minimum absolute atomic E-state index is 0.406. The molecule has 1 aromatic heterocycles. The maximum absolute atomic E-state index is 11.5. The number of hydrogen-bond acceptors (Lipinski definition) is 4. The predicted molar refractivity (Wildman–Crippen MR) is 74.5 cm³/mol. The Morgan fingerprint density at radius 2 is 2.16 bits per heavy atom. The fraction of sp³-hybridized carbons (Fsp3) is 0.667. The molecule has 0 saturated carbocycles. The van der Waals surface area contributed by atoms with Crippen LogP contribution in [0.2, 0.25) is 5.15 Å². The Bertz CT molecular complexity index is 536. The summed E-state index contributed by atoms with van der Waals surface area (Å²) in [5.74, 6) is 0.444. The van der Waals surface area contributed by atoms with Gasteiger partial charge in [0.15, 0.2) is 0 Å². The molecule has 7 heteroatoms. The van der Waals surface area contributed by atoms with Gasteiger partial charge >= 0.3 is 0 Å². The highest BCUT2D eigenvalue weighted by Crippen LogP contribution is 2.22. The lowest BCUT2D eigenvalue weighted by Gasteiger charge is -2.17. The smallest absolute Gasteiger partial charge is 0.211 e. The summed E-state index contributed by atoms with van der Waals surface area (Å²) in [7, 11) is -3.07. The highest BCUT2D eigenvalue weighted by molar-refractivity contribution is 7.88. The van der Waals surface area contributed by atoms with Crippen molar-refractivity contribution >= 4 is 21.6 Å². The number of sulfonamides is 1. The molecule has 1 aliphatic heterocycles. The molecule has 1 fully saturated rings. The van der Waals surface area contributed by atoms with Crippen molar-refractivity contribution in [3.8, 4) is 0 Å². The van der Waals surface area contributed by atoms with Crippen LogP contribution in [0.1, 0.15) is 25.0 Å². The van der Waals surface area contributed by atoms with E-state index in [0.29, 0.717) is 24.2 Å². The molecule has 1 aromatic rings. The van der Waals surface area contributed by atoms with E-state index in [2.05, 4.69) is 9.97 Å². The van der Waals surface area contributed by atoms with Gasteiger partial charge in [-0.3, -0.25) is 4.98 Å². The van der Waals surface area contributed by atoms with Gasteiger partial charge < -0.3 is 0 Å². The maximum atomic E-state index is 11.5. The van der Waals surface area contributed by atoms with Gasteiger partial charge in [0.25, 0.3) is 0 Å². The zero-order valence-electron chi connectivity index (χ0n) is 10.9. The molecule has 0 amide bonds. The van der Waals surface area contributed by atoms with Gasteiger partial charge in [-0.25, -0.2) is 17.7 Å². The molecule has 106 valence electrons. The fourth-order valence-electron chi connectivity index (χ4n) is 2.45. The van der Waals surface area contributed by atoms with Crippen LogP contribution in [0.15, 0.2) is 12.4 Å². The average Bonchev–Trinajstić information content (AvgIpc) is 2.54. The van der Waals surface area contributed by atoms with Crippen molar-refractivity contribution < 1.29 is 8.42 Å². The molecule has 0 aromatic carbocycles. The van der Waals surface area contributed by atoms with Gasteiger partial charge in [0.05, 0.1) is 18.1 Å². The lowest BCUT2D eigenvalue weighted by Crippen LogP contribution is -2.30. The molecule has 0 spiro atoms. The van der Waals surface area contributed by atoms with E-state index in [-0.39, 0.29) is 0 Å². The maximum Gasteiger partial charge on any atom is 0.211 e. The van der Waals surface area contributed by atoms with Gasteiger partial charge in [0.1, 0.15) is 5.15 Å². The van der Waals surface area contributed by atoms with Crippen molar-refractivity contribution in [3.63, 3.8) is 0 Å². The summed E-state index contributed by atoms with van der Waals surface area (Å²) in [5, 5.41) is 0.406. The van der Waals surface area contributed by atoms with E-state index in [9.17, 15) is 8.42 Å². The first-order valence-electron chi connectivity index (χ1n) is 6.36. The molecule has 19 heavy (non-hydrogen) atoms. The highest BCUT2D eigenvalue weighted by atomic mass is 35.5. The number of hydrogen-bond donors (Lipinski definition) is 0. The number of aromatic nitrogens is 2. The Labute approximate surface area is 119 Å². The fourth-order valence-corrected chi connectivity index (χ4v) is 3.51. The molecular formula is C12H18ClN3O2S. The summed E-state index contributed by atoms with van der Waals surface area (Å²) in [6.07, 6.45) is 8.10. The Balaban J connectivity index is 1.96. The van der Waals surface area contributed by atoms with Crippen LogP contribution in [-0.2, 0) is 16.4 Å². The Hall–Kier alpha value is -0.720. The van der Waals surface area contributed by atoms with Gasteiger partial charge in [0, 0.05) is 19.3 Å². The monoisotopic (exact) mass is 303 g/mol. The molecule has 0 radical (unpaired) electrons. The lowest BCUT2D eigenvalue weighted by molar-refractivity contribution is 0.412. The van der Waals surface area contributed by atoms with Crippen LogP contribution >= 0.6 is 11.6 Å². The van der Waals surface area contributed by atoms with Gasteiger partial charge in [0.2, 0.25) is 10.0 Å². The highest BCUT2D eigenvalue weighted by Gasteiger charge is 2.23. The predicted octanol–water partition coefficient (Wildman–Crippen LogP) is 1.73. The van der Waals surface area contributed by atoms with E-state index in [1.165, 1.54) is 12.5 Å². The summed E-state index contributed by atoms with van der Waals surface area (Å²) in [5.41, 5.74) is 0.880. The summed E-state index contributed by atoms with van der Waals surface area (Å²) >= 11 is 5.82. The van der Waals surface area contributed by atoms with Gasteiger partial charge in [-0.15, -0.1) is 0 Å². The third-order valence-electron chi connectivity index (χ3n) is 3.43. The first-order chi connectivity index (χ1) is 8.95. The largest absolute Gasteiger partial charge is 0.260 e. The molecule has 0 bridgehead atoms. The van der Waals surface area contributed by atoms with Crippen LogP contribution < -0.4 is 0 Å². The molecule has 1 atom stereocenters. The zero-order chi connectivity index (χ0) is 13.9. The summed E-state index contributed by atoms with van der Waals surface area (Å²) in [4.78, 5) is 8.26. The Morgan fingerprint density at radius 1 is 1.37 bits per heavy atom. The average molecular weight is 304 g/mol. The molecule has 0 N–H and O–H groups in total. The number of halogens is 1. The van der Waals surface area contributed by atoms with Crippen LogP contribution in [0, 0.1) is 5.92 Å². The standard InChI is InChI=1S/C12H18ClN3O2S/c1-19(17,18)16-5-2-3-10(4-6-16)7-11-8-14-9-12(13)15-11/h8-10H,2-7H2,1H3. The second-order valence-electron chi connectivity index (χ2n) is 5.00. The van der Waals surface area contributed by atoms with Crippen LogP contribution in [0.3, 0.4) is 0 Å². The SMILES string of the molecule is CS(=O)(=O)N1CCCC(Cc2cncc(Cl)n2)CC1. The van der Waals surface area contributed by atoms with E-state index in [1.54, 1.807) is 10.5 Å². The lowest BCUT2D eigenvalue weighted by atomic mass is 9.95. The molecular weight excluding hydrogens is 286 g/mol. The molecule has 1 unspecified atom stereocenters. The van der Waals surface area contributed by atoms with E-state index >= 15 is 0 Å². The van der Waals surface area contributed by atoms with Crippen molar-refractivity contribution in [1.29, 1.82) is 0 Å². The summed E-state index contributed by atoms with van der Waals surface area (Å²) in [6, 6.07) is 0. The molecule has 1 saturated heterocycles. The van der Waals surface area contributed by atoms with Gasteiger partial charge in [-0.2, -0.15) is 0 Å². The van der Waals surface area contributed by atoms with Gasteiger partial charge in [-0.1, -0.05) is 11.6 Å². The van der Waals surface area contributed by atoms with Gasteiger partial charge in [-0.05, 0) is 31.6 Å². The molecule has 2 heterocycles. The van der Waals surface area contributed by atoms with Crippen LogP contribution in [-0.4, -0.2) is 42.0 Å². The first kappa shape index (κ1) is 14.7. The van der Waals surface area contributed by atoms with Crippen LogP contribution in [0.25, 0.3) is 0 Å². The Morgan fingerprint density at radius 3 is 2.84 bits per heavy atom. The number of nitrogens with zero attached hydrogens (tertiary/aromatic N) is 3. The second kappa shape index (κ2) is 6.15. The number of rotatable bonds is 3. The second-order valence-corrected chi connectivity index (χ2v) is 7.37. The third-order valence-corrected chi connectivity index (χ3v) is 4.91. The first-order valence-corrected chi connectivity index (χ1v) is 8.59. The zero-order valence-corrected chi connectivity index (χ0v) is 12.5. The molecule has 1 aliphatic rings. The molecule has 5 nitrogen and oxygen atoms in total. The quantitative estimate of drug-likeness (QED) is 0.853. The van der Waals surface area contributed by atoms with Crippen molar-refractivity contribution in [2.75, 3.05) is 19.3 Å². The summed E-state index contributed by atoms with van der Waals surface area (Å²) in [6.45, 7) is 1.22. The molecule has 2 rings (SSSR count). The topological polar surface area (TPSA) is 63.2 Å². The Kier molecular flexibility index (Phi) is 4.76. The van der Waals surface area contributed by atoms with E-state index < -0.39 is 10.0 Å². The minimum atomic E-state index is -3.07. The van der Waals surface area contributed by atoms with Crippen molar-refractivity contribution in [2.45, 2.75) is 25.7 Å². The van der Waals surface area contributed by atoms with E-state index in [1.807, 2.05) is 0 Å². The van der Waals surface area contributed by atoms with Crippen molar-refractivity contribution in [1.82, 2.24) is 14.3 Å². The normalized spacial score (nSPS) is 22.1. The van der Waals surface area contributed by atoms with E-state index in [0.717, 1.165) is 31.4 Å². The van der Waals surface area contributed by atoms with Crippen LogP contribution in [0.4, 0.5) is 0 Å². The van der Waals surface area contributed by atoms with E-state index in [4.69, 9.17) is 11.6 Å². The van der Waals surface area contributed by atoms with Crippen molar-refractivity contribution in [3.05, 3.63) is 23.2 Å².